The highest BCUT2D eigenvalue weighted by molar-refractivity contribution is 9.10. The molecular weight excluding hydrogens is 292 g/mol. The van der Waals surface area contributed by atoms with Crippen LogP contribution in [0.4, 0.5) is 8.78 Å². The third-order valence-corrected chi connectivity index (χ3v) is 2.64. The van der Waals surface area contributed by atoms with Gasteiger partial charge in [0.2, 0.25) is 0 Å². The minimum atomic E-state index is -0.752. The van der Waals surface area contributed by atoms with Gasteiger partial charge in [-0.3, -0.25) is 0 Å². The molecule has 2 nitrogen and oxygen atoms in total. The summed E-state index contributed by atoms with van der Waals surface area (Å²) in [7, 11) is 0. The first-order valence-corrected chi connectivity index (χ1v) is 5.61. The van der Waals surface area contributed by atoms with Gasteiger partial charge in [-0.25, -0.2) is 13.8 Å². The average Bonchev–Trinajstić information content (AvgIpc) is 2.25. The van der Waals surface area contributed by atoms with Crippen molar-refractivity contribution in [1.82, 2.24) is 4.98 Å². The topological polar surface area (TPSA) is 22.1 Å². The first-order valence-electron chi connectivity index (χ1n) is 4.82. The third-order valence-electron chi connectivity index (χ3n) is 2.07. The van der Waals surface area contributed by atoms with E-state index in [0.29, 0.717) is 10.4 Å². The first-order chi connectivity index (χ1) is 8.06. The molecule has 2 aromatic rings. The van der Waals surface area contributed by atoms with Crippen molar-refractivity contribution in [2.75, 3.05) is 0 Å². The number of hydrogen-bond donors (Lipinski definition) is 0. The Hall–Kier alpha value is -1.49. The highest BCUT2D eigenvalue weighted by Crippen LogP contribution is 2.29. The quantitative estimate of drug-likeness (QED) is 0.775. The van der Waals surface area contributed by atoms with Crippen molar-refractivity contribution in [3.05, 3.63) is 52.3 Å². The van der Waals surface area contributed by atoms with Crippen LogP contribution >= 0.6 is 15.9 Å². The number of rotatable bonds is 2. The molecule has 0 saturated carbocycles. The van der Waals surface area contributed by atoms with Gasteiger partial charge in [0.05, 0.1) is 0 Å². The molecule has 0 radical (unpaired) electrons. The molecule has 1 heterocycles. The third kappa shape index (κ3) is 2.79. The predicted octanol–water partition coefficient (Wildman–Crippen LogP) is 4.22. The van der Waals surface area contributed by atoms with Gasteiger partial charge in [0.1, 0.15) is 10.4 Å². The standard InChI is InChI=1S/C12H8BrF2NO/c1-7-2-4-11(12(13)16-7)17-10-5-3-8(14)6-9(10)15/h2-6H,1H3. The molecule has 0 fully saturated rings. The van der Waals surface area contributed by atoms with Crippen molar-refractivity contribution in [3.8, 4) is 11.5 Å². The van der Waals surface area contributed by atoms with E-state index in [1.807, 2.05) is 6.92 Å². The molecule has 0 aliphatic carbocycles. The van der Waals surface area contributed by atoms with Crippen molar-refractivity contribution in [3.63, 3.8) is 0 Å². The Balaban J connectivity index is 2.31. The first kappa shape index (κ1) is 12.0. The fourth-order valence-electron chi connectivity index (χ4n) is 1.26. The normalized spacial score (nSPS) is 10.4. The lowest BCUT2D eigenvalue weighted by molar-refractivity contribution is 0.433. The van der Waals surface area contributed by atoms with Crippen LogP contribution in [-0.4, -0.2) is 4.98 Å². The fraction of sp³-hybridized carbons (Fsp3) is 0.0833. The molecule has 0 N–H and O–H groups in total. The number of aryl methyl sites for hydroxylation is 1. The number of ether oxygens (including phenoxy) is 1. The molecule has 0 aliphatic rings. The minimum Gasteiger partial charge on any atom is -0.451 e. The summed E-state index contributed by atoms with van der Waals surface area (Å²) in [6.45, 7) is 1.83. The molecule has 0 amide bonds. The maximum Gasteiger partial charge on any atom is 0.168 e. The summed E-state index contributed by atoms with van der Waals surface area (Å²) in [4.78, 5) is 4.11. The summed E-state index contributed by atoms with van der Waals surface area (Å²) in [5.41, 5.74) is 0.809. The maximum atomic E-state index is 13.3. The molecule has 88 valence electrons. The van der Waals surface area contributed by atoms with E-state index < -0.39 is 11.6 Å². The van der Waals surface area contributed by atoms with Crippen LogP contribution in [0.3, 0.4) is 0 Å². The molecule has 0 spiro atoms. The van der Waals surface area contributed by atoms with E-state index >= 15 is 0 Å². The smallest absolute Gasteiger partial charge is 0.168 e. The van der Waals surface area contributed by atoms with Gasteiger partial charge in [-0.2, -0.15) is 0 Å². The van der Waals surface area contributed by atoms with E-state index in [0.717, 1.165) is 17.8 Å². The lowest BCUT2D eigenvalue weighted by Crippen LogP contribution is -1.92. The van der Waals surface area contributed by atoms with Gasteiger partial charge in [-0.1, -0.05) is 0 Å². The summed E-state index contributed by atoms with van der Waals surface area (Å²) in [6.07, 6.45) is 0. The van der Waals surface area contributed by atoms with Gasteiger partial charge < -0.3 is 4.74 Å². The van der Waals surface area contributed by atoms with Gasteiger partial charge in [0, 0.05) is 11.8 Å². The van der Waals surface area contributed by atoms with E-state index in [1.54, 1.807) is 12.1 Å². The number of pyridine rings is 1. The van der Waals surface area contributed by atoms with E-state index in [1.165, 1.54) is 6.07 Å². The van der Waals surface area contributed by atoms with Crippen LogP contribution in [0.2, 0.25) is 0 Å². The van der Waals surface area contributed by atoms with Crippen molar-refractivity contribution >= 4 is 15.9 Å². The fourth-order valence-corrected chi connectivity index (χ4v) is 1.76. The van der Waals surface area contributed by atoms with Crippen LogP contribution in [0.1, 0.15) is 5.69 Å². The molecule has 0 aliphatic heterocycles. The summed E-state index contributed by atoms with van der Waals surface area (Å²) < 4.78 is 31.8. The molecule has 5 heteroatoms. The Labute approximate surface area is 105 Å². The highest BCUT2D eigenvalue weighted by atomic mass is 79.9. The molecular formula is C12H8BrF2NO. The van der Waals surface area contributed by atoms with Gasteiger partial charge in [0.25, 0.3) is 0 Å². The van der Waals surface area contributed by atoms with Crippen LogP contribution in [0.5, 0.6) is 11.5 Å². The number of nitrogens with zero attached hydrogens (tertiary/aromatic N) is 1. The molecule has 0 bridgehead atoms. The zero-order valence-corrected chi connectivity index (χ0v) is 10.5. The van der Waals surface area contributed by atoms with E-state index in [9.17, 15) is 8.78 Å². The summed E-state index contributed by atoms with van der Waals surface area (Å²) in [6, 6.07) is 6.53. The highest BCUT2D eigenvalue weighted by Gasteiger charge is 2.09. The summed E-state index contributed by atoms with van der Waals surface area (Å²) >= 11 is 3.21. The second kappa shape index (κ2) is 4.79. The molecule has 1 aromatic carbocycles. The molecule has 0 unspecified atom stereocenters. The van der Waals surface area contributed by atoms with Gasteiger partial charge in [-0.15, -0.1) is 0 Å². The Kier molecular flexibility index (Phi) is 3.38. The largest absolute Gasteiger partial charge is 0.451 e. The molecule has 0 saturated heterocycles. The Morgan fingerprint density at radius 2 is 1.82 bits per heavy atom. The zero-order valence-electron chi connectivity index (χ0n) is 8.88. The predicted molar refractivity (Wildman–Crippen MR) is 63.1 cm³/mol. The number of benzene rings is 1. The van der Waals surface area contributed by atoms with Gasteiger partial charge in [0.15, 0.2) is 17.3 Å². The SMILES string of the molecule is Cc1ccc(Oc2ccc(F)cc2F)c(Br)n1. The monoisotopic (exact) mass is 299 g/mol. The molecule has 2 rings (SSSR count). The second-order valence-electron chi connectivity index (χ2n) is 3.42. The minimum absolute atomic E-state index is 0.0437. The van der Waals surface area contributed by atoms with Crippen LogP contribution in [0, 0.1) is 18.6 Å². The van der Waals surface area contributed by atoms with Crippen molar-refractivity contribution in [2.45, 2.75) is 6.92 Å². The molecule has 0 atom stereocenters. The van der Waals surface area contributed by atoms with Crippen LogP contribution in [-0.2, 0) is 0 Å². The summed E-state index contributed by atoms with van der Waals surface area (Å²) in [5, 5.41) is 0. The van der Waals surface area contributed by atoms with Crippen molar-refractivity contribution < 1.29 is 13.5 Å². The van der Waals surface area contributed by atoms with Crippen LogP contribution in [0.25, 0.3) is 0 Å². The Morgan fingerprint density at radius 3 is 2.47 bits per heavy atom. The molecule has 17 heavy (non-hydrogen) atoms. The average molecular weight is 300 g/mol. The number of aromatic nitrogens is 1. The lowest BCUT2D eigenvalue weighted by Gasteiger charge is -2.08. The van der Waals surface area contributed by atoms with E-state index in [-0.39, 0.29) is 5.75 Å². The molecule has 1 aromatic heterocycles. The Morgan fingerprint density at radius 1 is 1.12 bits per heavy atom. The van der Waals surface area contributed by atoms with Crippen LogP contribution < -0.4 is 4.74 Å². The lowest BCUT2D eigenvalue weighted by atomic mass is 10.3. The van der Waals surface area contributed by atoms with Crippen molar-refractivity contribution in [2.24, 2.45) is 0 Å². The Bertz CT molecular complexity index is 511. The van der Waals surface area contributed by atoms with Gasteiger partial charge >= 0.3 is 0 Å². The van der Waals surface area contributed by atoms with Gasteiger partial charge in [-0.05, 0) is 47.1 Å². The maximum absolute atomic E-state index is 13.3. The van der Waals surface area contributed by atoms with E-state index in [2.05, 4.69) is 20.9 Å². The second-order valence-corrected chi connectivity index (χ2v) is 4.17. The van der Waals surface area contributed by atoms with Crippen molar-refractivity contribution in [1.29, 1.82) is 0 Å². The zero-order chi connectivity index (χ0) is 12.4. The van der Waals surface area contributed by atoms with E-state index in [4.69, 9.17) is 4.74 Å². The number of halogens is 3. The summed E-state index contributed by atoms with van der Waals surface area (Å²) in [5.74, 6) is -1.06. The number of hydrogen-bond acceptors (Lipinski definition) is 2. The van der Waals surface area contributed by atoms with Crippen LogP contribution in [0.15, 0.2) is 34.9 Å².